The van der Waals surface area contributed by atoms with Gasteiger partial charge in [0.2, 0.25) is 0 Å². The Morgan fingerprint density at radius 1 is 0.824 bits per heavy atom. The lowest BCUT2D eigenvalue weighted by atomic mass is 9.70. The van der Waals surface area contributed by atoms with Crippen LogP contribution in [0.15, 0.2) is 76.1 Å². The van der Waals surface area contributed by atoms with Crippen LogP contribution in [0.3, 0.4) is 0 Å². The highest BCUT2D eigenvalue weighted by atomic mass is 16.3. The number of para-hydroxylation sites is 1. The van der Waals surface area contributed by atoms with Crippen LogP contribution in [-0.2, 0) is 0 Å². The van der Waals surface area contributed by atoms with E-state index in [2.05, 4.69) is 81.4 Å². The first-order valence-electron chi connectivity index (χ1n) is 12.6. The standard InChI is InChI=1S/C32H29NO/c1-19-17-25-22-7-4-5-10-28(22)34-31(25)26(18-19)30-24-9-6-8-23-21(11-12-27(33-30)29(23)24)20-13-15-32(2,3)16-14-20/h4-12,17-18,20H,13-16H2,1-3H3. The molecule has 34 heavy (non-hydrogen) atoms. The van der Waals surface area contributed by atoms with Gasteiger partial charge in [0.1, 0.15) is 11.2 Å². The van der Waals surface area contributed by atoms with Crippen molar-refractivity contribution in [2.45, 2.75) is 52.4 Å². The molecular formula is C32H29NO. The SMILES string of the molecule is Cc1cc(C2=Nc3ccc(C4CCC(C)(C)CC4)c4cccc2c34)c2oc3ccccc3c2c1. The molecule has 1 aliphatic heterocycles. The molecule has 0 unspecified atom stereocenters. The first-order chi connectivity index (χ1) is 16.5. The minimum atomic E-state index is 0.477. The van der Waals surface area contributed by atoms with Gasteiger partial charge in [-0.15, -0.1) is 0 Å². The van der Waals surface area contributed by atoms with E-state index in [0.29, 0.717) is 11.3 Å². The molecule has 0 N–H and O–H groups in total. The Labute approximate surface area is 200 Å². The Morgan fingerprint density at radius 3 is 2.47 bits per heavy atom. The molecule has 2 heterocycles. The molecule has 0 radical (unpaired) electrons. The van der Waals surface area contributed by atoms with E-state index in [1.165, 1.54) is 63.9 Å². The molecule has 1 saturated carbocycles. The molecule has 168 valence electrons. The van der Waals surface area contributed by atoms with E-state index in [0.717, 1.165) is 28.1 Å². The van der Waals surface area contributed by atoms with E-state index in [4.69, 9.17) is 9.41 Å². The molecule has 0 amide bonds. The Bertz CT molecular complexity index is 1640. The van der Waals surface area contributed by atoms with Crippen LogP contribution < -0.4 is 0 Å². The van der Waals surface area contributed by atoms with Crippen LogP contribution in [0.5, 0.6) is 0 Å². The summed E-state index contributed by atoms with van der Waals surface area (Å²) in [4.78, 5) is 5.19. The van der Waals surface area contributed by atoms with Gasteiger partial charge in [0.15, 0.2) is 0 Å². The number of furan rings is 1. The van der Waals surface area contributed by atoms with Crippen molar-refractivity contribution in [2.75, 3.05) is 0 Å². The number of aryl methyl sites for hydroxylation is 1. The molecular weight excluding hydrogens is 414 g/mol. The van der Waals surface area contributed by atoms with Crippen molar-refractivity contribution < 1.29 is 4.42 Å². The molecule has 5 aromatic rings. The van der Waals surface area contributed by atoms with E-state index in [1.54, 1.807) is 0 Å². The lowest BCUT2D eigenvalue weighted by molar-refractivity contribution is 0.225. The van der Waals surface area contributed by atoms with Gasteiger partial charge < -0.3 is 4.42 Å². The van der Waals surface area contributed by atoms with Crippen molar-refractivity contribution in [1.82, 2.24) is 0 Å². The van der Waals surface area contributed by atoms with Gasteiger partial charge in [-0.3, -0.25) is 0 Å². The molecule has 7 rings (SSSR count). The number of nitrogens with zero attached hydrogens (tertiary/aromatic N) is 1. The van der Waals surface area contributed by atoms with Crippen molar-refractivity contribution in [3.8, 4) is 0 Å². The second kappa shape index (κ2) is 7.06. The van der Waals surface area contributed by atoms with Crippen LogP contribution in [0.2, 0.25) is 0 Å². The van der Waals surface area contributed by atoms with Crippen molar-refractivity contribution in [2.24, 2.45) is 10.4 Å². The normalized spacial score (nSPS) is 17.7. The second-order valence-electron chi connectivity index (χ2n) is 11.1. The summed E-state index contributed by atoms with van der Waals surface area (Å²) in [5, 5.41) is 5.03. The van der Waals surface area contributed by atoms with Gasteiger partial charge in [-0.2, -0.15) is 0 Å². The van der Waals surface area contributed by atoms with Crippen LogP contribution in [0.4, 0.5) is 5.69 Å². The van der Waals surface area contributed by atoms with E-state index in [1.807, 2.05) is 6.07 Å². The number of aliphatic imine (C=N–C) groups is 1. The van der Waals surface area contributed by atoms with Gasteiger partial charge in [-0.25, -0.2) is 4.99 Å². The van der Waals surface area contributed by atoms with Gasteiger partial charge >= 0.3 is 0 Å². The molecule has 2 nitrogen and oxygen atoms in total. The molecule has 1 fully saturated rings. The number of hydrogen-bond donors (Lipinski definition) is 0. The second-order valence-corrected chi connectivity index (χ2v) is 11.1. The lowest BCUT2D eigenvalue weighted by Crippen LogP contribution is -2.20. The third kappa shape index (κ3) is 2.91. The first-order valence-corrected chi connectivity index (χ1v) is 12.6. The molecule has 0 atom stereocenters. The maximum Gasteiger partial charge on any atom is 0.144 e. The molecule has 2 heteroatoms. The fraction of sp³-hybridized carbons (Fsp3) is 0.281. The summed E-state index contributed by atoms with van der Waals surface area (Å²) in [6.45, 7) is 6.99. The topological polar surface area (TPSA) is 25.5 Å². The quantitative estimate of drug-likeness (QED) is 0.262. The Kier molecular flexibility index (Phi) is 4.16. The van der Waals surface area contributed by atoms with E-state index in [9.17, 15) is 0 Å². The van der Waals surface area contributed by atoms with Gasteiger partial charge in [-0.1, -0.05) is 56.3 Å². The van der Waals surface area contributed by atoms with Crippen molar-refractivity contribution in [3.05, 3.63) is 89.0 Å². The minimum Gasteiger partial charge on any atom is -0.455 e. The Hall–Kier alpha value is -3.39. The molecule has 1 aromatic heterocycles. The van der Waals surface area contributed by atoms with Crippen molar-refractivity contribution in [1.29, 1.82) is 0 Å². The summed E-state index contributed by atoms with van der Waals surface area (Å²) in [5.74, 6) is 0.641. The molecule has 2 aliphatic rings. The van der Waals surface area contributed by atoms with Crippen molar-refractivity contribution >= 4 is 44.1 Å². The van der Waals surface area contributed by atoms with E-state index >= 15 is 0 Å². The van der Waals surface area contributed by atoms with Crippen LogP contribution in [-0.4, -0.2) is 5.71 Å². The first kappa shape index (κ1) is 20.0. The average molecular weight is 444 g/mol. The third-order valence-electron chi connectivity index (χ3n) is 8.20. The third-order valence-corrected chi connectivity index (χ3v) is 8.20. The summed E-state index contributed by atoms with van der Waals surface area (Å²) >= 11 is 0. The zero-order valence-corrected chi connectivity index (χ0v) is 20.1. The largest absolute Gasteiger partial charge is 0.455 e. The molecule has 0 spiro atoms. The maximum atomic E-state index is 6.40. The number of fused-ring (bicyclic) bond motifs is 3. The van der Waals surface area contributed by atoms with Crippen LogP contribution in [0.1, 0.15) is 67.7 Å². The van der Waals surface area contributed by atoms with E-state index in [-0.39, 0.29) is 0 Å². The predicted octanol–water partition coefficient (Wildman–Crippen LogP) is 9.21. The summed E-state index contributed by atoms with van der Waals surface area (Å²) in [6, 6.07) is 24.1. The molecule has 4 aromatic carbocycles. The van der Waals surface area contributed by atoms with Gasteiger partial charge in [0, 0.05) is 27.3 Å². The zero-order chi connectivity index (χ0) is 23.0. The summed E-state index contributed by atoms with van der Waals surface area (Å²) < 4.78 is 6.40. The fourth-order valence-electron chi connectivity index (χ4n) is 6.30. The number of benzene rings is 4. The smallest absolute Gasteiger partial charge is 0.144 e. The zero-order valence-electron chi connectivity index (χ0n) is 20.1. The predicted molar refractivity (Wildman–Crippen MR) is 143 cm³/mol. The highest BCUT2D eigenvalue weighted by Crippen LogP contribution is 2.47. The Morgan fingerprint density at radius 2 is 1.62 bits per heavy atom. The van der Waals surface area contributed by atoms with E-state index < -0.39 is 0 Å². The van der Waals surface area contributed by atoms with Crippen molar-refractivity contribution in [3.63, 3.8) is 0 Å². The van der Waals surface area contributed by atoms with Gasteiger partial charge in [0.25, 0.3) is 0 Å². The highest BCUT2D eigenvalue weighted by molar-refractivity contribution is 6.30. The fourth-order valence-corrected chi connectivity index (χ4v) is 6.30. The summed E-state index contributed by atoms with van der Waals surface area (Å²) in [7, 11) is 0. The van der Waals surface area contributed by atoms with Gasteiger partial charge in [0.05, 0.1) is 11.4 Å². The number of rotatable bonds is 2. The molecule has 0 bridgehead atoms. The summed E-state index contributed by atoms with van der Waals surface area (Å²) in [6.07, 6.45) is 5.15. The monoisotopic (exact) mass is 443 g/mol. The molecule has 0 saturated heterocycles. The van der Waals surface area contributed by atoms with Crippen LogP contribution in [0, 0.1) is 12.3 Å². The maximum absolute atomic E-state index is 6.40. The molecule has 1 aliphatic carbocycles. The number of hydrogen-bond acceptors (Lipinski definition) is 2. The average Bonchev–Trinajstić information content (AvgIpc) is 3.39. The minimum absolute atomic E-state index is 0.477. The highest BCUT2D eigenvalue weighted by Gasteiger charge is 2.30. The summed E-state index contributed by atoms with van der Waals surface area (Å²) in [5.41, 5.74) is 9.53. The van der Waals surface area contributed by atoms with Crippen LogP contribution >= 0.6 is 0 Å². The van der Waals surface area contributed by atoms with Crippen LogP contribution in [0.25, 0.3) is 32.7 Å². The Balaban J connectivity index is 1.41. The van der Waals surface area contributed by atoms with Gasteiger partial charge in [-0.05, 0) is 84.7 Å². The lowest BCUT2D eigenvalue weighted by Gasteiger charge is -2.35.